The van der Waals surface area contributed by atoms with E-state index in [2.05, 4.69) is 13.8 Å². The Balaban J connectivity index is 1.59. The van der Waals surface area contributed by atoms with Crippen LogP contribution in [0.15, 0.2) is 80.4 Å². The SMILES string of the molecule is CCCOCC(C)(C)C1=CC(C=c2c(=O)c(=Cc3cc(-c4ccc(Cl)c(Cl)c4)[o+]c(C(C)(C)COCCC)c3)c2=O)C=C(c2ccc(Cl)c(Cl)c2)O1. The van der Waals surface area contributed by atoms with Gasteiger partial charge in [0.05, 0.1) is 55.4 Å². The molecule has 1 unspecified atom stereocenters. The van der Waals surface area contributed by atoms with Crippen LogP contribution in [0.5, 0.6) is 0 Å². The molecule has 0 radical (unpaired) electrons. The highest BCUT2D eigenvalue weighted by atomic mass is 35.5. The van der Waals surface area contributed by atoms with E-state index in [1.807, 2.05) is 58.0 Å². The maximum Gasteiger partial charge on any atom is 0.360 e. The van der Waals surface area contributed by atoms with Crippen LogP contribution in [0.4, 0.5) is 0 Å². The van der Waals surface area contributed by atoms with Gasteiger partial charge in [-0.3, -0.25) is 9.59 Å². The van der Waals surface area contributed by atoms with Crippen molar-refractivity contribution in [2.75, 3.05) is 26.4 Å². The summed E-state index contributed by atoms with van der Waals surface area (Å²) in [6.07, 6.45) is 8.85. The maximum atomic E-state index is 13.7. The van der Waals surface area contributed by atoms with Crippen LogP contribution in [0.1, 0.15) is 71.3 Å². The summed E-state index contributed by atoms with van der Waals surface area (Å²) in [6, 6.07) is 14.1. The van der Waals surface area contributed by atoms with Crippen molar-refractivity contribution in [3.63, 3.8) is 0 Å². The van der Waals surface area contributed by atoms with Crippen molar-refractivity contribution in [2.45, 2.75) is 59.8 Å². The quantitative estimate of drug-likeness (QED) is 0.0937. The molecule has 0 saturated carbocycles. The molecule has 0 fully saturated rings. The molecule has 52 heavy (non-hydrogen) atoms. The fourth-order valence-corrected chi connectivity index (χ4v) is 6.34. The summed E-state index contributed by atoms with van der Waals surface area (Å²) in [5, 5.41) is 1.80. The van der Waals surface area contributed by atoms with Crippen LogP contribution in [0.3, 0.4) is 0 Å². The zero-order chi connectivity index (χ0) is 37.8. The van der Waals surface area contributed by atoms with Crippen LogP contribution >= 0.6 is 46.4 Å². The van der Waals surface area contributed by atoms with E-state index in [9.17, 15) is 9.59 Å². The predicted molar refractivity (Wildman–Crippen MR) is 213 cm³/mol. The molecule has 0 bridgehead atoms. The van der Waals surface area contributed by atoms with Crippen LogP contribution in [0.25, 0.3) is 29.2 Å². The molecule has 0 aliphatic carbocycles. The topological polar surface area (TPSA) is 73.1 Å². The molecular weight excluding hydrogens is 742 g/mol. The lowest BCUT2D eigenvalue weighted by Crippen LogP contribution is -2.64. The Morgan fingerprint density at radius 2 is 1.31 bits per heavy atom. The van der Waals surface area contributed by atoms with Crippen LogP contribution in [-0.4, -0.2) is 26.4 Å². The zero-order valence-electron chi connectivity index (χ0n) is 30.2. The molecular formula is C42H43Cl4O6+. The second-order valence-electron chi connectivity index (χ2n) is 14.3. The first-order valence-corrected chi connectivity index (χ1v) is 18.8. The van der Waals surface area contributed by atoms with Gasteiger partial charge in [0, 0.05) is 36.2 Å². The van der Waals surface area contributed by atoms with Gasteiger partial charge in [-0.2, -0.15) is 0 Å². The average molecular weight is 786 g/mol. The van der Waals surface area contributed by atoms with Crippen molar-refractivity contribution in [3.05, 3.63) is 134 Å². The van der Waals surface area contributed by atoms with Gasteiger partial charge in [0.25, 0.3) is 0 Å². The first-order chi connectivity index (χ1) is 24.6. The van der Waals surface area contributed by atoms with Gasteiger partial charge in [-0.05, 0) is 86.9 Å². The Bertz CT molecular complexity index is 2180. The molecule has 4 aromatic rings. The number of hydrogen-bond acceptors (Lipinski definition) is 5. The third-order valence-corrected chi connectivity index (χ3v) is 10.2. The number of ether oxygens (including phenoxy) is 3. The van der Waals surface area contributed by atoms with Crippen molar-refractivity contribution in [1.82, 2.24) is 0 Å². The number of halogens is 4. The van der Waals surface area contributed by atoms with Crippen LogP contribution in [0.2, 0.25) is 20.1 Å². The van der Waals surface area contributed by atoms with E-state index in [0.717, 1.165) is 12.8 Å². The molecule has 10 heteroatoms. The van der Waals surface area contributed by atoms with E-state index in [4.69, 9.17) is 65.0 Å². The zero-order valence-corrected chi connectivity index (χ0v) is 33.2. The molecule has 1 atom stereocenters. The Labute approximate surface area is 324 Å². The molecule has 1 aliphatic rings. The lowest BCUT2D eigenvalue weighted by molar-refractivity contribution is 0.0577. The van der Waals surface area contributed by atoms with Gasteiger partial charge in [-0.1, -0.05) is 80.2 Å². The number of hydrogen-bond donors (Lipinski definition) is 0. The first kappa shape index (κ1) is 40.0. The molecule has 0 spiro atoms. The normalized spacial score (nSPS) is 14.9. The molecule has 1 aliphatic heterocycles. The highest BCUT2D eigenvalue weighted by Gasteiger charge is 2.35. The monoisotopic (exact) mass is 783 g/mol. The number of allylic oxidation sites excluding steroid dienone is 2. The third-order valence-electron chi connectivity index (χ3n) is 8.74. The van der Waals surface area contributed by atoms with Gasteiger partial charge in [-0.25, -0.2) is 4.42 Å². The fourth-order valence-electron chi connectivity index (χ4n) is 5.74. The van der Waals surface area contributed by atoms with Crippen molar-refractivity contribution >= 4 is 64.3 Å². The van der Waals surface area contributed by atoms with Gasteiger partial charge in [0.1, 0.15) is 16.9 Å². The predicted octanol–water partition coefficient (Wildman–Crippen LogP) is 9.77. The summed E-state index contributed by atoms with van der Waals surface area (Å²) in [4.78, 5) is 27.3. The van der Waals surface area contributed by atoms with Gasteiger partial charge in [0.2, 0.25) is 10.9 Å². The van der Waals surface area contributed by atoms with Gasteiger partial charge in [-0.15, -0.1) is 0 Å². The Morgan fingerprint density at radius 3 is 1.90 bits per heavy atom. The van der Waals surface area contributed by atoms with Crippen molar-refractivity contribution in [2.24, 2.45) is 11.3 Å². The minimum absolute atomic E-state index is 0.0850. The summed E-state index contributed by atoms with van der Waals surface area (Å²) in [6.45, 7) is 14.3. The summed E-state index contributed by atoms with van der Waals surface area (Å²) >= 11 is 25.1. The molecule has 0 amide bonds. The summed E-state index contributed by atoms with van der Waals surface area (Å²) < 4.78 is 24.6. The Morgan fingerprint density at radius 1 is 0.731 bits per heavy atom. The van der Waals surface area contributed by atoms with E-state index in [1.54, 1.807) is 42.5 Å². The van der Waals surface area contributed by atoms with Crippen molar-refractivity contribution < 1.29 is 18.6 Å². The second kappa shape index (κ2) is 16.8. The van der Waals surface area contributed by atoms with Gasteiger partial charge < -0.3 is 14.2 Å². The maximum absolute atomic E-state index is 13.7. The van der Waals surface area contributed by atoms with E-state index < -0.39 is 16.7 Å². The minimum Gasteiger partial charge on any atom is -0.461 e. The number of rotatable bonds is 14. The van der Waals surface area contributed by atoms with E-state index >= 15 is 0 Å². The van der Waals surface area contributed by atoms with Gasteiger partial charge in [0.15, 0.2) is 0 Å². The summed E-state index contributed by atoms with van der Waals surface area (Å²) in [5.41, 5.74) is 0.335. The van der Waals surface area contributed by atoms with Gasteiger partial charge >= 0.3 is 11.5 Å². The first-order valence-electron chi connectivity index (χ1n) is 17.3. The molecule has 3 aromatic carbocycles. The summed E-state index contributed by atoms with van der Waals surface area (Å²) in [7, 11) is 0. The third kappa shape index (κ3) is 9.28. The van der Waals surface area contributed by atoms with Crippen LogP contribution in [0, 0.1) is 11.3 Å². The highest BCUT2D eigenvalue weighted by Crippen LogP contribution is 2.39. The lowest BCUT2D eigenvalue weighted by Gasteiger charge is -2.32. The molecule has 6 nitrogen and oxygen atoms in total. The molecule has 0 saturated heterocycles. The van der Waals surface area contributed by atoms with Crippen LogP contribution in [-0.2, 0) is 19.6 Å². The molecule has 0 N–H and O–H groups in total. The fraction of sp³-hybridized carbons (Fsp3) is 0.357. The van der Waals surface area contributed by atoms with Crippen molar-refractivity contribution in [1.29, 1.82) is 0 Å². The number of benzene rings is 2. The lowest BCUT2D eigenvalue weighted by atomic mass is 9.87. The van der Waals surface area contributed by atoms with Crippen molar-refractivity contribution in [3.8, 4) is 11.3 Å². The minimum atomic E-state index is -0.520. The molecule has 5 rings (SSSR count). The Kier molecular flexibility index (Phi) is 12.9. The van der Waals surface area contributed by atoms with E-state index in [0.29, 0.717) is 86.2 Å². The largest absolute Gasteiger partial charge is 0.461 e. The standard InChI is InChI=1S/C42H43Cl4O6/c1-7-13-49-23-41(3,4)37-19-25(17-35(51-37)27-9-11-31(43)33(45)21-27)15-29-39(47)30(40(29)48)16-26-18-36(28-10-12-32(44)34(46)22-28)52-38(20-26)42(5,6)24-50-14-8-2/h9-12,15-22,25H,7-8,13-14,23-24H2,1-6H3/q+1. The average Bonchev–Trinajstić information content (AvgIpc) is 3.11. The smallest absolute Gasteiger partial charge is 0.360 e. The van der Waals surface area contributed by atoms with Crippen LogP contribution < -0.4 is 21.3 Å². The molecule has 274 valence electrons. The second-order valence-corrected chi connectivity index (χ2v) is 15.9. The Hall–Kier alpha value is -3.23. The molecule has 2 heterocycles. The summed E-state index contributed by atoms with van der Waals surface area (Å²) in [5.74, 6) is 1.91. The van der Waals surface area contributed by atoms with E-state index in [1.165, 1.54) is 0 Å². The van der Waals surface area contributed by atoms with E-state index in [-0.39, 0.29) is 21.3 Å². The molecule has 1 aromatic heterocycles. The highest BCUT2D eigenvalue weighted by molar-refractivity contribution is 6.42.